The van der Waals surface area contributed by atoms with Gasteiger partial charge in [0.15, 0.2) is 5.78 Å². The molecule has 3 heteroatoms. The number of alkyl halides is 1. The third-order valence-electron chi connectivity index (χ3n) is 1.76. The Hall–Kier alpha value is -0.360. The summed E-state index contributed by atoms with van der Waals surface area (Å²) in [5.74, 6) is -0.285. The molecule has 0 aromatic rings. The second-order valence-corrected chi connectivity index (χ2v) is 3.59. The lowest BCUT2D eigenvalue weighted by Crippen LogP contribution is -2.27. The van der Waals surface area contributed by atoms with E-state index in [1.807, 2.05) is 6.07 Å². The molecule has 1 aliphatic carbocycles. The number of rotatable bonds is 0. The maximum atomic E-state index is 11.1. The number of hydrogen-bond donors (Lipinski definition) is 0. The number of hydrogen-bond acceptors (Lipinski definition) is 2. The minimum atomic E-state index is -0.349. The van der Waals surface area contributed by atoms with Crippen LogP contribution in [-0.2, 0) is 4.79 Å². The fourth-order valence-electron chi connectivity index (χ4n) is 1.13. The van der Waals surface area contributed by atoms with Crippen molar-refractivity contribution in [3.05, 3.63) is 0 Å². The summed E-state index contributed by atoms with van der Waals surface area (Å²) in [7, 11) is 0. The van der Waals surface area contributed by atoms with Gasteiger partial charge in [-0.2, -0.15) is 5.26 Å². The summed E-state index contributed by atoms with van der Waals surface area (Å²) in [5, 5.41) is 8.49. The molecule has 0 bridgehead atoms. The fraction of sp³-hybridized carbons (Fsp3) is 0.714. The van der Waals surface area contributed by atoms with Crippen LogP contribution in [0.3, 0.4) is 0 Å². The topological polar surface area (TPSA) is 40.9 Å². The largest absolute Gasteiger partial charge is 0.297 e. The minimum Gasteiger partial charge on any atom is -0.297 e. The average Bonchev–Trinajstić information content (AvgIpc) is 1.95. The third-order valence-corrected chi connectivity index (χ3v) is 2.67. The monoisotopic (exact) mass is 201 g/mol. The predicted molar refractivity (Wildman–Crippen MR) is 40.7 cm³/mol. The lowest BCUT2D eigenvalue weighted by atomic mass is 9.89. The van der Waals surface area contributed by atoms with Crippen molar-refractivity contribution in [2.45, 2.75) is 24.1 Å². The first-order valence-electron chi connectivity index (χ1n) is 3.33. The van der Waals surface area contributed by atoms with Crippen LogP contribution in [-0.4, -0.2) is 10.6 Å². The van der Waals surface area contributed by atoms with Gasteiger partial charge in [-0.1, -0.05) is 22.4 Å². The number of nitrogens with zero attached hydrogens (tertiary/aromatic N) is 1. The number of Topliss-reactive ketones (excluding diaryl/α,β-unsaturated/α-hetero) is 1. The van der Waals surface area contributed by atoms with Gasteiger partial charge in [0, 0.05) is 0 Å². The Morgan fingerprint density at radius 3 is 2.80 bits per heavy atom. The van der Waals surface area contributed by atoms with Gasteiger partial charge < -0.3 is 0 Å². The summed E-state index contributed by atoms with van der Waals surface area (Å²) >= 11 is 3.23. The van der Waals surface area contributed by atoms with Crippen molar-refractivity contribution in [1.29, 1.82) is 5.26 Å². The summed E-state index contributed by atoms with van der Waals surface area (Å²) in [6.07, 6.45) is 2.62. The Morgan fingerprint density at radius 1 is 1.60 bits per heavy atom. The van der Waals surface area contributed by atoms with Gasteiger partial charge in [-0.15, -0.1) is 0 Å². The highest BCUT2D eigenvalue weighted by Crippen LogP contribution is 2.24. The molecule has 1 rings (SSSR count). The van der Waals surface area contributed by atoms with Crippen LogP contribution in [0.2, 0.25) is 0 Å². The van der Waals surface area contributed by atoms with Gasteiger partial charge in [-0.3, -0.25) is 4.79 Å². The number of ketones is 1. The fourth-order valence-corrected chi connectivity index (χ4v) is 1.77. The Labute approximate surface area is 68.3 Å². The van der Waals surface area contributed by atoms with E-state index in [9.17, 15) is 4.79 Å². The van der Waals surface area contributed by atoms with Crippen LogP contribution in [0, 0.1) is 17.2 Å². The molecule has 2 unspecified atom stereocenters. The molecule has 0 radical (unpaired) electrons. The Kier molecular flexibility index (Phi) is 2.44. The van der Waals surface area contributed by atoms with Crippen LogP contribution in [0.5, 0.6) is 0 Å². The summed E-state index contributed by atoms with van der Waals surface area (Å²) in [4.78, 5) is 11.0. The van der Waals surface area contributed by atoms with E-state index in [0.29, 0.717) is 0 Å². The number of nitriles is 1. The quantitative estimate of drug-likeness (QED) is 0.560. The van der Waals surface area contributed by atoms with Crippen molar-refractivity contribution in [3.63, 3.8) is 0 Å². The second-order valence-electron chi connectivity index (χ2n) is 2.48. The zero-order chi connectivity index (χ0) is 7.56. The highest BCUT2D eigenvalue weighted by atomic mass is 79.9. The van der Waals surface area contributed by atoms with Crippen molar-refractivity contribution < 1.29 is 4.79 Å². The van der Waals surface area contributed by atoms with Crippen LogP contribution in [0.25, 0.3) is 0 Å². The molecular formula is C7H8BrNO. The van der Waals surface area contributed by atoms with E-state index in [1.165, 1.54) is 0 Å². The molecule has 1 aliphatic rings. The molecule has 2 atom stereocenters. The van der Waals surface area contributed by atoms with E-state index >= 15 is 0 Å². The van der Waals surface area contributed by atoms with E-state index in [1.54, 1.807) is 0 Å². The van der Waals surface area contributed by atoms with Crippen molar-refractivity contribution in [1.82, 2.24) is 0 Å². The molecule has 1 fully saturated rings. The van der Waals surface area contributed by atoms with Crippen LogP contribution in [0.4, 0.5) is 0 Å². The van der Waals surface area contributed by atoms with E-state index < -0.39 is 0 Å². The predicted octanol–water partition coefficient (Wildman–Crippen LogP) is 1.64. The van der Waals surface area contributed by atoms with Gasteiger partial charge in [-0.05, 0) is 12.8 Å². The Balaban J connectivity index is 2.62. The molecule has 1 saturated carbocycles. The number of carbonyl (C=O) groups is 1. The molecule has 2 nitrogen and oxygen atoms in total. The standard InChI is InChI=1S/C7H8BrNO/c8-6-3-1-2-5(4-9)7(6)10/h5-6H,1-3H2. The van der Waals surface area contributed by atoms with E-state index in [4.69, 9.17) is 5.26 Å². The first-order chi connectivity index (χ1) is 4.75. The third kappa shape index (κ3) is 1.38. The molecular weight excluding hydrogens is 194 g/mol. The molecule has 0 N–H and O–H groups in total. The van der Waals surface area contributed by atoms with Crippen LogP contribution < -0.4 is 0 Å². The smallest absolute Gasteiger partial charge is 0.163 e. The Morgan fingerprint density at radius 2 is 2.30 bits per heavy atom. The maximum Gasteiger partial charge on any atom is 0.163 e. The van der Waals surface area contributed by atoms with Gasteiger partial charge in [0.25, 0.3) is 0 Å². The van der Waals surface area contributed by atoms with Gasteiger partial charge >= 0.3 is 0 Å². The van der Waals surface area contributed by atoms with Crippen molar-refractivity contribution >= 4 is 21.7 Å². The lowest BCUT2D eigenvalue weighted by molar-refractivity contribution is -0.122. The molecule has 54 valence electrons. The average molecular weight is 202 g/mol. The lowest BCUT2D eigenvalue weighted by Gasteiger charge is -2.18. The molecule has 0 amide bonds. The van der Waals surface area contributed by atoms with Gasteiger partial charge in [0.1, 0.15) is 5.92 Å². The molecule has 10 heavy (non-hydrogen) atoms. The van der Waals surface area contributed by atoms with Gasteiger partial charge in [-0.25, -0.2) is 0 Å². The summed E-state index contributed by atoms with van der Waals surface area (Å²) < 4.78 is 0. The van der Waals surface area contributed by atoms with Gasteiger partial charge in [0.2, 0.25) is 0 Å². The Bertz CT molecular complexity index is 185. The SMILES string of the molecule is N#CC1CCCC(Br)C1=O. The van der Waals surface area contributed by atoms with Crippen LogP contribution in [0.15, 0.2) is 0 Å². The summed E-state index contributed by atoms with van der Waals surface area (Å²) in [6.45, 7) is 0. The van der Waals surface area contributed by atoms with Crippen molar-refractivity contribution in [2.75, 3.05) is 0 Å². The maximum absolute atomic E-state index is 11.1. The van der Waals surface area contributed by atoms with E-state index in [0.717, 1.165) is 19.3 Å². The first-order valence-corrected chi connectivity index (χ1v) is 4.24. The highest BCUT2D eigenvalue weighted by molar-refractivity contribution is 9.10. The van der Waals surface area contributed by atoms with Crippen molar-refractivity contribution in [3.8, 4) is 6.07 Å². The van der Waals surface area contributed by atoms with Crippen LogP contribution >= 0.6 is 15.9 Å². The summed E-state index contributed by atoms with van der Waals surface area (Å²) in [5.41, 5.74) is 0. The number of carbonyl (C=O) groups excluding carboxylic acids is 1. The molecule has 0 spiro atoms. The summed E-state index contributed by atoms with van der Waals surface area (Å²) in [6, 6.07) is 2.00. The minimum absolute atomic E-state index is 0.0637. The highest BCUT2D eigenvalue weighted by Gasteiger charge is 2.28. The molecule has 0 aromatic heterocycles. The van der Waals surface area contributed by atoms with Crippen molar-refractivity contribution in [2.24, 2.45) is 5.92 Å². The normalized spacial score (nSPS) is 33.4. The van der Waals surface area contributed by atoms with Gasteiger partial charge in [0.05, 0.1) is 10.9 Å². The van der Waals surface area contributed by atoms with Crippen LogP contribution in [0.1, 0.15) is 19.3 Å². The molecule has 0 aliphatic heterocycles. The first kappa shape index (κ1) is 7.74. The van der Waals surface area contributed by atoms with E-state index in [2.05, 4.69) is 15.9 Å². The zero-order valence-electron chi connectivity index (χ0n) is 5.51. The molecule has 0 aromatic carbocycles. The molecule has 0 saturated heterocycles. The zero-order valence-corrected chi connectivity index (χ0v) is 7.10. The molecule has 0 heterocycles. The second kappa shape index (κ2) is 3.16. The van der Waals surface area contributed by atoms with E-state index in [-0.39, 0.29) is 16.5 Å². The number of halogens is 1.